The number of carbonyl (C=O) groups excluding carboxylic acids is 2. The molecule has 4 nitrogen and oxygen atoms in total. The second kappa shape index (κ2) is 14.9. The lowest BCUT2D eigenvalue weighted by Gasteiger charge is -2.17. The van der Waals surface area contributed by atoms with Crippen LogP contribution in [0.1, 0.15) is 91.4 Å². The van der Waals surface area contributed by atoms with Crippen molar-refractivity contribution < 1.29 is 19.1 Å². The van der Waals surface area contributed by atoms with Crippen molar-refractivity contribution in [3.63, 3.8) is 0 Å². The molecule has 4 heteroatoms. The van der Waals surface area contributed by atoms with Gasteiger partial charge in [-0.05, 0) is 32.1 Å². The predicted octanol–water partition coefficient (Wildman–Crippen LogP) is 4.79. The molecule has 0 saturated heterocycles. The standard InChI is InChI=1S/C18H34O4/c1-4-7-12-16(11-5-2)22-18(20)14-10-8-9-13-17(19)21-15-6-3/h16H,4-15H2,1-3H3. The summed E-state index contributed by atoms with van der Waals surface area (Å²) >= 11 is 0. The lowest BCUT2D eigenvalue weighted by atomic mass is 10.1. The molecule has 0 rings (SSSR count). The van der Waals surface area contributed by atoms with Crippen molar-refractivity contribution in [2.24, 2.45) is 0 Å². The average Bonchev–Trinajstić information content (AvgIpc) is 2.50. The van der Waals surface area contributed by atoms with Gasteiger partial charge in [0, 0.05) is 12.8 Å². The molecule has 0 aliphatic heterocycles. The van der Waals surface area contributed by atoms with Crippen LogP contribution in [-0.2, 0) is 19.1 Å². The fourth-order valence-electron chi connectivity index (χ4n) is 2.26. The first-order chi connectivity index (χ1) is 10.6. The second-order valence-corrected chi connectivity index (χ2v) is 5.82. The van der Waals surface area contributed by atoms with Gasteiger partial charge in [-0.25, -0.2) is 0 Å². The van der Waals surface area contributed by atoms with E-state index in [1.807, 2.05) is 6.92 Å². The Kier molecular flexibility index (Phi) is 14.1. The SMILES string of the molecule is CCCCC(CCC)OC(=O)CCCCCC(=O)OCCC. The van der Waals surface area contributed by atoms with Crippen molar-refractivity contribution >= 4 is 11.9 Å². The van der Waals surface area contributed by atoms with Crippen molar-refractivity contribution in [1.82, 2.24) is 0 Å². The Morgan fingerprint density at radius 1 is 0.773 bits per heavy atom. The van der Waals surface area contributed by atoms with Crippen LogP contribution in [-0.4, -0.2) is 24.6 Å². The molecule has 1 unspecified atom stereocenters. The van der Waals surface area contributed by atoms with Crippen LogP contribution in [0.4, 0.5) is 0 Å². The third-order valence-corrected chi connectivity index (χ3v) is 3.52. The van der Waals surface area contributed by atoms with Gasteiger partial charge in [0.05, 0.1) is 6.61 Å². The molecule has 1 atom stereocenters. The van der Waals surface area contributed by atoms with Crippen molar-refractivity contribution in [3.8, 4) is 0 Å². The largest absolute Gasteiger partial charge is 0.466 e. The Bertz CT molecular complexity index is 289. The van der Waals surface area contributed by atoms with Crippen LogP contribution in [0.15, 0.2) is 0 Å². The highest BCUT2D eigenvalue weighted by molar-refractivity contribution is 5.70. The van der Waals surface area contributed by atoms with Crippen LogP contribution in [0.25, 0.3) is 0 Å². The Labute approximate surface area is 135 Å². The van der Waals surface area contributed by atoms with Crippen LogP contribution < -0.4 is 0 Å². The van der Waals surface area contributed by atoms with E-state index in [-0.39, 0.29) is 18.0 Å². The lowest BCUT2D eigenvalue weighted by Crippen LogP contribution is -2.18. The van der Waals surface area contributed by atoms with E-state index in [1.54, 1.807) is 0 Å². The minimum atomic E-state index is -0.132. The zero-order valence-corrected chi connectivity index (χ0v) is 14.7. The summed E-state index contributed by atoms with van der Waals surface area (Å²) in [5.74, 6) is -0.227. The van der Waals surface area contributed by atoms with Gasteiger partial charge in [-0.15, -0.1) is 0 Å². The molecule has 0 radical (unpaired) electrons. The first kappa shape index (κ1) is 20.9. The van der Waals surface area contributed by atoms with Crippen LogP contribution in [0, 0.1) is 0 Å². The maximum Gasteiger partial charge on any atom is 0.306 e. The average molecular weight is 314 g/mol. The molecule has 0 spiro atoms. The molecule has 22 heavy (non-hydrogen) atoms. The van der Waals surface area contributed by atoms with Gasteiger partial charge < -0.3 is 9.47 Å². The number of esters is 2. The van der Waals surface area contributed by atoms with E-state index in [0.717, 1.165) is 57.8 Å². The molecule has 0 N–H and O–H groups in total. The summed E-state index contributed by atoms with van der Waals surface area (Å²) in [5.41, 5.74) is 0. The van der Waals surface area contributed by atoms with Gasteiger partial charge in [-0.3, -0.25) is 9.59 Å². The molecule has 0 heterocycles. The number of ether oxygens (including phenoxy) is 2. The number of carbonyl (C=O) groups is 2. The molecule has 0 saturated carbocycles. The highest BCUT2D eigenvalue weighted by Crippen LogP contribution is 2.13. The number of unbranched alkanes of at least 4 members (excludes halogenated alkanes) is 3. The zero-order valence-electron chi connectivity index (χ0n) is 14.7. The summed E-state index contributed by atoms with van der Waals surface area (Å²) in [7, 11) is 0. The Balaban J connectivity index is 3.68. The first-order valence-corrected chi connectivity index (χ1v) is 8.99. The molecule has 0 amide bonds. The lowest BCUT2D eigenvalue weighted by molar-refractivity contribution is -0.150. The minimum absolute atomic E-state index is 0.0847. The smallest absolute Gasteiger partial charge is 0.306 e. The third kappa shape index (κ3) is 12.7. The first-order valence-electron chi connectivity index (χ1n) is 8.99. The Morgan fingerprint density at radius 2 is 1.45 bits per heavy atom. The predicted molar refractivity (Wildman–Crippen MR) is 88.6 cm³/mol. The molecular weight excluding hydrogens is 280 g/mol. The summed E-state index contributed by atoms with van der Waals surface area (Å²) in [4.78, 5) is 23.1. The quantitative estimate of drug-likeness (QED) is 0.341. The normalized spacial score (nSPS) is 12.0. The molecule has 0 bridgehead atoms. The van der Waals surface area contributed by atoms with Gasteiger partial charge in [0.1, 0.15) is 6.10 Å². The number of hydrogen-bond donors (Lipinski definition) is 0. The maximum absolute atomic E-state index is 11.8. The summed E-state index contributed by atoms with van der Waals surface area (Å²) in [6.07, 6.45) is 9.48. The molecule has 0 aliphatic carbocycles. The fraction of sp³-hybridized carbons (Fsp3) is 0.889. The van der Waals surface area contributed by atoms with Gasteiger partial charge in [0.2, 0.25) is 0 Å². The minimum Gasteiger partial charge on any atom is -0.466 e. The molecule has 0 aliphatic rings. The number of rotatable bonds is 14. The van der Waals surface area contributed by atoms with Crippen molar-refractivity contribution in [2.75, 3.05) is 6.61 Å². The van der Waals surface area contributed by atoms with Gasteiger partial charge in [0.15, 0.2) is 0 Å². The van der Waals surface area contributed by atoms with Crippen molar-refractivity contribution in [3.05, 3.63) is 0 Å². The highest BCUT2D eigenvalue weighted by atomic mass is 16.5. The molecule has 0 aromatic heterocycles. The van der Waals surface area contributed by atoms with Crippen LogP contribution in [0.3, 0.4) is 0 Å². The molecule has 0 fully saturated rings. The van der Waals surface area contributed by atoms with Gasteiger partial charge in [0.25, 0.3) is 0 Å². The summed E-state index contributed by atoms with van der Waals surface area (Å²) in [6, 6.07) is 0. The summed E-state index contributed by atoms with van der Waals surface area (Å²) in [5, 5.41) is 0. The van der Waals surface area contributed by atoms with E-state index in [1.165, 1.54) is 0 Å². The van der Waals surface area contributed by atoms with Crippen molar-refractivity contribution in [1.29, 1.82) is 0 Å². The van der Waals surface area contributed by atoms with E-state index in [2.05, 4.69) is 13.8 Å². The van der Waals surface area contributed by atoms with Crippen LogP contribution >= 0.6 is 0 Å². The van der Waals surface area contributed by atoms with E-state index in [0.29, 0.717) is 19.4 Å². The third-order valence-electron chi connectivity index (χ3n) is 3.52. The monoisotopic (exact) mass is 314 g/mol. The van der Waals surface area contributed by atoms with Crippen LogP contribution in [0.2, 0.25) is 0 Å². The maximum atomic E-state index is 11.8. The molecule has 0 aromatic rings. The second-order valence-electron chi connectivity index (χ2n) is 5.82. The number of hydrogen-bond acceptors (Lipinski definition) is 4. The zero-order chi connectivity index (χ0) is 16.6. The van der Waals surface area contributed by atoms with Crippen molar-refractivity contribution in [2.45, 2.75) is 97.5 Å². The van der Waals surface area contributed by atoms with E-state index >= 15 is 0 Å². The van der Waals surface area contributed by atoms with Crippen LogP contribution in [0.5, 0.6) is 0 Å². The Hall–Kier alpha value is -1.06. The van der Waals surface area contributed by atoms with Gasteiger partial charge >= 0.3 is 11.9 Å². The van der Waals surface area contributed by atoms with Gasteiger partial charge in [-0.2, -0.15) is 0 Å². The van der Waals surface area contributed by atoms with E-state index < -0.39 is 0 Å². The molecule has 0 aromatic carbocycles. The fourth-order valence-corrected chi connectivity index (χ4v) is 2.26. The molecule has 130 valence electrons. The van der Waals surface area contributed by atoms with E-state index in [9.17, 15) is 9.59 Å². The summed E-state index contributed by atoms with van der Waals surface area (Å²) < 4.78 is 10.5. The highest BCUT2D eigenvalue weighted by Gasteiger charge is 2.13. The topological polar surface area (TPSA) is 52.6 Å². The van der Waals surface area contributed by atoms with Gasteiger partial charge in [-0.1, -0.05) is 46.5 Å². The summed E-state index contributed by atoms with van der Waals surface area (Å²) in [6.45, 7) is 6.74. The van der Waals surface area contributed by atoms with E-state index in [4.69, 9.17) is 9.47 Å². The molecular formula is C18H34O4. The Morgan fingerprint density at radius 3 is 2.05 bits per heavy atom.